The lowest BCUT2D eigenvalue weighted by atomic mass is 10.2. The predicted molar refractivity (Wildman–Crippen MR) is 106 cm³/mol. The largest absolute Gasteiger partial charge is 0.369 e. The number of carbonyl (C=O) groups excluding carboxylic acids is 1. The Balaban J connectivity index is 1.41. The van der Waals surface area contributed by atoms with Gasteiger partial charge < -0.3 is 9.80 Å². The summed E-state index contributed by atoms with van der Waals surface area (Å²) >= 11 is 6.12. The highest BCUT2D eigenvalue weighted by Crippen LogP contribution is 2.17. The molecule has 1 amide bonds. The average Bonchev–Trinajstić information content (AvgIpc) is 3.09. The van der Waals surface area contributed by atoms with Crippen LogP contribution in [0.15, 0.2) is 59.4 Å². The first-order chi connectivity index (χ1) is 13.6. The van der Waals surface area contributed by atoms with Crippen molar-refractivity contribution >= 4 is 23.2 Å². The van der Waals surface area contributed by atoms with E-state index < -0.39 is 5.69 Å². The van der Waals surface area contributed by atoms with Gasteiger partial charge in [-0.1, -0.05) is 41.9 Å². The molecule has 0 aliphatic carbocycles. The fourth-order valence-electron chi connectivity index (χ4n) is 3.23. The van der Waals surface area contributed by atoms with Crippen LogP contribution >= 0.6 is 11.6 Å². The van der Waals surface area contributed by atoms with E-state index in [1.807, 2.05) is 18.2 Å². The van der Waals surface area contributed by atoms with Gasteiger partial charge in [-0.25, -0.2) is 4.79 Å². The quantitative estimate of drug-likeness (QED) is 0.664. The highest BCUT2D eigenvalue weighted by Gasteiger charge is 2.23. The van der Waals surface area contributed by atoms with Crippen LogP contribution in [-0.2, 0) is 11.3 Å². The third-order valence-corrected chi connectivity index (χ3v) is 5.08. The molecule has 4 rings (SSSR count). The fourth-order valence-corrected chi connectivity index (χ4v) is 3.44. The van der Waals surface area contributed by atoms with Gasteiger partial charge in [0.25, 0.3) is 0 Å². The first-order valence-electron chi connectivity index (χ1n) is 8.99. The van der Waals surface area contributed by atoms with E-state index in [0.29, 0.717) is 23.8 Å². The minimum atomic E-state index is -0.496. The van der Waals surface area contributed by atoms with Crippen LogP contribution < -0.4 is 10.6 Å². The number of carbonyl (C=O) groups is 1. The number of hydrogen-bond acceptors (Lipinski definition) is 5. The van der Waals surface area contributed by atoms with E-state index in [0.717, 1.165) is 28.1 Å². The molecule has 144 valence electrons. The zero-order valence-electron chi connectivity index (χ0n) is 15.1. The first-order valence-corrected chi connectivity index (χ1v) is 9.37. The van der Waals surface area contributed by atoms with Crippen molar-refractivity contribution in [3.63, 3.8) is 0 Å². The Labute approximate surface area is 166 Å². The molecule has 1 aromatic heterocycles. The number of para-hydroxylation sites is 2. The van der Waals surface area contributed by atoms with Crippen molar-refractivity contribution < 1.29 is 4.79 Å². The molecular formula is C19H19ClN6O2. The third-order valence-electron chi connectivity index (χ3n) is 4.76. The monoisotopic (exact) mass is 398 g/mol. The van der Waals surface area contributed by atoms with Crippen LogP contribution in [0.4, 0.5) is 5.69 Å². The number of piperazine rings is 1. The number of hydrogen-bond donors (Lipinski definition) is 0. The molecule has 0 atom stereocenters. The first kappa shape index (κ1) is 18.2. The number of amides is 1. The Bertz CT molecular complexity index is 1020. The third kappa shape index (κ3) is 3.63. The second-order valence-electron chi connectivity index (χ2n) is 6.49. The average molecular weight is 399 g/mol. The van der Waals surface area contributed by atoms with E-state index in [2.05, 4.69) is 27.5 Å². The number of rotatable bonds is 4. The molecule has 0 N–H and O–H groups in total. The van der Waals surface area contributed by atoms with Crippen LogP contribution in [0.1, 0.15) is 0 Å². The minimum absolute atomic E-state index is 0.144. The second-order valence-corrected chi connectivity index (χ2v) is 6.89. The van der Waals surface area contributed by atoms with Crippen molar-refractivity contribution in [3.8, 4) is 5.69 Å². The zero-order valence-corrected chi connectivity index (χ0v) is 15.9. The Hall–Kier alpha value is -3.13. The standard InChI is InChI=1S/C19H19ClN6O2/c20-16-8-4-5-9-17(16)26-19(28)25(21-22-26)14-18(27)24-12-10-23(11-13-24)15-6-2-1-3-7-15/h1-9H,10-14H2. The molecule has 1 aliphatic rings. The lowest BCUT2D eigenvalue weighted by Gasteiger charge is -2.36. The number of anilines is 1. The van der Waals surface area contributed by atoms with Crippen molar-refractivity contribution in [1.29, 1.82) is 0 Å². The van der Waals surface area contributed by atoms with Crippen molar-refractivity contribution in [1.82, 2.24) is 24.7 Å². The maximum atomic E-state index is 12.6. The van der Waals surface area contributed by atoms with Gasteiger partial charge in [0.15, 0.2) is 0 Å². The van der Waals surface area contributed by atoms with Crippen molar-refractivity contribution in [3.05, 3.63) is 70.1 Å². The van der Waals surface area contributed by atoms with Gasteiger partial charge in [-0.3, -0.25) is 4.79 Å². The minimum Gasteiger partial charge on any atom is -0.368 e. The summed E-state index contributed by atoms with van der Waals surface area (Å²) < 4.78 is 2.16. The molecular weight excluding hydrogens is 380 g/mol. The van der Waals surface area contributed by atoms with Crippen LogP contribution in [0.5, 0.6) is 0 Å². The Morgan fingerprint density at radius 3 is 2.32 bits per heavy atom. The van der Waals surface area contributed by atoms with Crippen molar-refractivity contribution in [2.24, 2.45) is 0 Å². The fraction of sp³-hybridized carbons (Fsp3) is 0.263. The van der Waals surface area contributed by atoms with Crippen LogP contribution in [0.25, 0.3) is 5.69 Å². The van der Waals surface area contributed by atoms with E-state index >= 15 is 0 Å². The van der Waals surface area contributed by atoms with Crippen LogP contribution in [0.2, 0.25) is 5.02 Å². The van der Waals surface area contributed by atoms with Crippen LogP contribution in [-0.4, -0.2) is 56.8 Å². The van der Waals surface area contributed by atoms with Gasteiger partial charge in [0.2, 0.25) is 5.91 Å². The summed E-state index contributed by atoms with van der Waals surface area (Å²) in [6.07, 6.45) is 0. The van der Waals surface area contributed by atoms with Crippen LogP contribution in [0, 0.1) is 0 Å². The lowest BCUT2D eigenvalue weighted by Crippen LogP contribution is -2.50. The maximum Gasteiger partial charge on any atom is 0.369 e. The Morgan fingerprint density at radius 2 is 1.61 bits per heavy atom. The smallest absolute Gasteiger partial charge is 0.368 e. The molecule has 8 nitrogen and oxygen atoms in total. The van der Waals surface area contributed by atoms with E-state index in [1.54, 1.807) is 29.2 Å². The summed E-state index contributed by atoms with van der Waals surface area (Å²) in [5, 5.41) is 8.07. The number of aromatic nitrogens is 4. The molecule has 1 aliphatic heterocycles. The SMILES string of the molecule is O=C(Cn1nnn(-c2ccccc2Cl)c1=O)N1CCN(c2ccccc2)CC1. The van der Waals surface area contributed by atoms with Crippen molar-refractivity contribution in [2.45, 2.75) is 6.54 Å². The van der Waals surface area contributed by atoms with Crippen molar-refractivity contribution in [2.75, 3.05) is 31.1 Å². The molecule has 0 saturated carbocycles. The second kappa shape index (κ2) is 7.85. The normalized spacial score (nSPS) is 14.3. The van der Waals surface area contributed by atoms with Gasteiger partial charge in [-0.2, -0.15) is 9.36 Å². The maximum absolute atomic E-state index is 12.6. The van der Waals surface area contributed by atoms with Crippen LogP contribution in [0.3, 0.4) is 0 Å². The van der Waals surface area contributed by atoms with Gasteiger partial charge in [-0.05, 0) is 34.7 Å². The molecule has 2 aromatic carbocycles. The Kier molecular flexibility index (Phi) is 5.12. The van der Waals surface area contributed by atoms with Gasteiger partial charge in [-0.15, -0.1) is 0 Å². The highest BCUT2D eigenvalue weighted by molar-refractivity contribution is 6.32. The number of halogens is 1. The summed E-state index contributed by atoms with van der Waals surface area (Å²) in [5.74, 6) is -0.152. The molecule has 1 saturated heterocycles. The van der Waals surface area contributed by atoms with Gasteiger partial charge in [0.05, 0.1) is 10.7 Å². The summed E-state index contributed by atoms with van der Waals surface area (Å²) in [7, 11) is 0. The summed E-state index contributed by atoms with van der Waals surface area (Å²) in [6.45, 7) is 2.55. The highest BCUT2D eigenvalue weighted by atomic mass is 35.5. The lowest BCUT2D eigenvalue weighted by molar-refractivity contribution is -0.132. The molecule has 28 heavy (non-hydrogen) atoms. The number of tetrazole rings is 1. The molecule has 0 spiro atoms. The zero-order chi connectivity index (χ0) is 19.5. The topological polar surface area (TPSA) is 76.3 Å². The summed E-state index contributed by atoms with van der Waals surface area (Å²) in [6, 6.07) is 17.0. The van der Waals surface area contributed by atoms with E-state index in [1.165, 1.54) is 0 Å². The van der Waals surface area contributed by atoms with E-state index in [-0.39, 0.29) is 12.5 Å². The number of benzene rings is 2. The molecule has 3 aromatic rings. The summed E-state index contributed by atoms with van der Waals surface area (Å²) in [4.78, 5) is 29.2. The van der Waals surface area contributed by atoms with Gasteiger partial charge >= 0.3 is 5.69 Å². The molecule has 0 radical (unpaired) electrons. The van der Waals surface area contributed by atoms with Gasteiger partial charge in [0, 0.05) is 31.9 Å². The van der Waals surface area contributed by atoms with Gasteiger partial charge in [0.1, 0.15) is 6.54 Å². The Morgan fingerprint density at radius 1 is 0.929 bits per heavy atom. The van der Waals surface area contributed by atoms with E-state index in [9.17, 15) is 9.59 Å². The predicted octanol–water partition coefficient (Wildman–Crippen LogP) is 1.43. The molecule has 0 bridgehead atoms. The molecule has 2 heterocycles. The number of nitrogens with zero attached hydrogens (tertiary/aromatic N) is 6. The molecule has 0 unspecified atom stereocenters. The molecule has 9 heteroatoms. The molecule has 1 fully saturated rings. The summed E-state index contributed by atoms with van der Waals surface area (Å²) in [5.41, 5.74) is 1.09. The van der Waals surface area contributed by atoms with E-state index in [4.69, 9.17) is 11.6 Å².